The predicted octanol–water partition coefficient (Wildman–Crippen LogP) is 3.29. The zero-order valence-corrected chi connectivity index (χ0v) is 13.9. The molecule has 0 aromatic heterocycles. The lowest BCUT2D eigenvalue weighted by atomic mass is 10.2. The van der Waals surface area contributed by atoms with Gasteiger partial charge < -0.3 is 16.2 Å². The number of nitrogens with zero attached hydrogens (tertiary/aromatic N) is 2. The molecule has 0 atom stereocenters. The molecule has 0 fully saturated rings. The molecule has 0 saturated heterocycles. The van der Waals surface area contributed by atoms with Crippen molar-refractivity contribution in [2.24, 2.45) is 21.7 Å². The van der Waals surface area contributed by atoms with Gasteiger partial charge in [-0.1, -0.05) is 45.7 Å². The number of rotatable bonds is 5. The SMILES string of the molecule is NC(N)=NN=Cc1cc(Br)ccc1OCc1ccccc1Cl. The Labute approximate surface area is 141 Å². The molecule has 0 bridgehead atoms. The van der Waals surface area contributed by atoms with Gasteiger partial charge in [-0.15, -0.1) is 5.10 Å². The van der Waals surface area contributed by atoms with E-state index in [9.17, 15) is 0 Å². The van der Waals surface area contributed by atoms with Crippen LogP contribution >= 0.6 is 27.5 Å². The minimum absolute atomic E-state index is 0.107. The fourth-order valence-corrected chi connectivity index (χ4v) is 2.25. The lowest BCUT2D eigenvalue weighted by molar-refractivity contribution is 0.306. The van der Waals surface area contributed by atoms with Gasteiger partial charge in [0.1, 0.15) is 12.4 Å². The van der Waals surface area contributed by atoms with E-state index in [0.717, 1.165) is 15.6 Å². The molecule has 2 aromatic carbocycles. The Morgan fingerprint density at radius 3 is 2.73 bits per heavy atom. The number of hydrogen-bond acceptors (Lipinski definition) is 3. The van der Waals surface area contributed by atoms with E-state index < -0.39 is 0 Å². The molecule has 0 unspecified atom stereocenters. The van der Waals surface area contributed by atoms with E-state index in [-0.39, 0.29) is 5.96 Å². The quantitative estimate of drug-likeness (QED) is 0.473. The highest BCUT2D eigenvalue weighted by atomic mass is 79.9. The van der Waals surface area contributed by atoms with Crippen LogP contribution in [0.4, 0.5) is 0 Å². The lowest BCUT2D eigenvalue weighted by Crippen LogP contribution is -2.21. The third-order valence-corrected chi connectivity index (χ3v) is 3.54. The van der Waals surface area contributed by atoms with E-state index >= 15 is 0 Å². The molecule has 0 radical (unpaired) electrons. The van der Waals surface area contributed by atoms with E-state index in [4.69, 9.17) is 27.8 Å². The molecule has 2 aromatic rings. The Morgan fingerprint density at radius 2 is 2.00 bits per heavy atom. The van der Waals surface area contributed by atoms with E-state index in [1.165, 1.54) is 6.21 Å². The third-order valence-electron chi connectivity index (χ3n) is 2.68. The minimum Gasteiger partial charge on any atom is -0.488 e. The highest BCUT2D eigenvalue weighted by Gasteiger charge is 2.05. The Kier molecular flexibility index (Phi) is 5.80. The van der Waals surface area contributed by atoms with Crippen LogP contribution in [0.25, 0.3) is 0 Å². The molecule has 4 N–H and O–H groups in total. The van der Waals surface area contributed by atoms with Crippen molar-refractivity contribution in [1.29, 1.82) is 0 Å². The number of hydrogen-bond donors (Lipinski definition) is 2. The Bertz CT molecular complexity index is 714. The molecule has 2 rings (SSSR count). The summed E-state index contributed by atoms with van der Waals surface area (Å²) in [7, 11) is 0. The summed E-state index contributed by atoms with van der Waals surface area (Å²) in [6.45, 7) is 0.352. The summed E-state index contributed by atoms with van der Waals surface area (Å²) in [6, 6.07) is 13.1. The van der Waals surface area contributed by atoms with Gasteiger partial charge in [0, 0.05) is 20.6 Å². The summed E-state index contributed by atoms with van der Waals surface area (Å²) in [4.78, 5) is 0. The molecule has 5 nitrogen and oxygen atoms in total. The number of nitrogens with two attached hydrogens (primary N) is 2. The molecule has 0 saturated carbocycles. The highest BCUT2D eigenvalue weighted by Crippen LogP contribution is 2.24. The van der Waals surface area contributed by atoms with Crippen LogP contribution in [-0.4, -0.2) is 12.2 Å². The van der Waals surface area contributed by atoms with Crippen molar-refractivity contribution in [2.45, 2.75) is 6.61 Å². The fourth-order valence-electron chi connectivity index (χ4n) is 1.68. The number of benzene rings is 2. The van der Waals surface area contributed by atoms with Crippen LogP contribution in [0.5, 0.6) is 5.75 Å². The molecule has 0 aliphatic carbocycles. The Balaban J connectivity index is 2.18. The number of halogens is 2. The zero-order chi connectivity index (χ0) is 15.9. The van der Waals surface area contributed by atoms with Crippen LogP contribution in [0, 0.1) is 0 Å². The summed E-state index contributed by atoms with van der Waals surface area (Å²) < 4.78 is 6.70. The lowest BCUT2D eigenvalue weighted by Gasteiger charge is -2.10. The first-order valence-electron chi connectivity index (χ1n) is 6.34. The Hall–Kier alpha value is -2.05. The van der Waals surface area contributed by atoms with Crippen molar-refractivity contribution in [3.05, 3.63) is 63.1 Å². The van der Waals surface area contributed by atoms with Crippen molar-refractivity contribution in [2.75, 3.05) is 0 Å². The maximum absolute atomic E-state index is 6.11. The van der Waals surface area contributed by atoms with Crippen molar-refractivity contribution in [3.63, 3.8) is 0 Å². The van der Waals surface area contributed by atoms with E-state index in [2.05, 4.69) is 26.1 Å². The maximum atomic E-state index is 6.11. The molecule has 0 spiro atoms. The molecule has 0 aliphatic heterocycles. The van der Waals surface area contributed by atoms with Crippen LogP contribution in [0.2, 0.25) is 5.02 Å². The van der Waals surface area contributed by atoms with Crippen LogP contribution in [0.15, 0.2) is 57.1 Å². The van der Waals surface area contributed by atoms with Crippen LogP contribution in [0.3, 0.4) is 0 Å². The number of ether oxygens (including phenoxy) is 1. The fraction of sp³-hybridized carbons (Fsp3) is 0.0667. The van der Waals surface area contributed by atoms with E-state index in [0.29, 0.717) is 17.4 Å². The van der Waals surface area contributed by atoms with Crippen molar-refractivity contribution in [1.82, 2.24) is 0 Å². The molecule has 7 heteroatoms. The van der Waals surface area contributed by atoms with Crippen LogP contribution in [0.1, 0.15) is 11.1 Å². The zero-order valence-electron chi connectivity index (χ0n) is 11.5. The highest BCUT2D eigenvalue weighted by molar-refractivity contribution is 9.10. The normalized spacial score (nSPS) is 10.6. The van der Waals surface area contributed by atoms with Crippen LogP contribution in [-0.2, 0) is 6.61 Å². The first-order chi connectivity index (χ1) is 10.6. The van der Waals surface area contributed by atoms with Gasteiger partial charge in [-0.05, 0) is 24.3 Å². The van der Waals surface area contributed by atoms with E-state index in [1.807, 2.05) is 42.5 Å². The molecule has 114 valence electrons. The van der Waals surface area contributed by atoms with Gasteiger partial charge >= 0.3 is 0 Å². The van der Waals surface area contributed by atoms with Gasteiger partial charge in [-0.3, -0.25) is 0 Å². The van der Waals surface area contributed by atoms with Crippen molar-refractivity contribution < 1.29 is 4.74 Å². The summed E-state index contributed by atoms with van der Waals surface area (Å²) in [5.74, 6) is 0.544. The summed E-state index contributed by atoms with van der Waals surface area (Å²) in [5.41, 5.74) is 12.1. The molecule has 0 aliphatic rings. The van der Waals surface area contributed by atoms with Gasteiger partial charge in [0.2, 0.25) is 5.96 Å². The molecule has 22 heavy (non-hydrogen) atoms. The molecular formula is C15H14BrClN4O. The predicted molar refractivity (Wildman–Crippen MR) is 93.3 cm³/mol. The third kappa shape index (κ3) is 4.75. The first kappa shape index (κ1) is 16.3. The molecule has 0 heterocycles. The smallest absolute Gasteiger partial charge is 0.211 e. The second-order valence-corrected chi connectivity index (χ2v) is 5.65. The Morgan fingerprint density at radius 1 is 1.23 bits per heavy atom. The van der Waals surface area contributed by atoms with Crippen LogP contribution < -0.4 is 16.2 Å². The van der Waals surface area contributed by atoms with Crippen molar-refractivity contribution in [3.8, 4) is 5.75 Å². The summed E-state index contributed by atoms with van der Waals surface area (Å²) >= 11 is 9.52. The largest absolute Gasteiger partial charge is 0.488 e. The second kappa shape index (κ2) is 7.82. The average Bonchev–Trinajstić information content (AvgIpc) is 2.47. The minimum atomic E-state index is -0.107. The monoisotopic (exact) mass is 380 g/mol. The summed E-state index contributed by atoms with van der Waals surface area (Å²) in [5, 5.41) is 8.04. The van der Waals surface area contributed by atoms with E-state index in [1.54, 1.807) is 0 Å². The second-order valence-electron chi connectivity index (χ2n) is 4.33. The standard InChI is InChI=1S/C15H14BrClN4O/c16-12-5-6-14(11(7-12)8-20-21-15(18)19)22-9-10-3-1-2-4-13(10)17/h1-8H,9H2,(H4,18,19,21). The molecular weight excluding hydrogens is 368 g/mol. The first-order valence-corrected chi connectivity index (χ1v) is 7.51. The van der Waals surface area contributed by atoms with Gasteiger partial charge in [-0.2, -0.15) is 5.10 Å². The van der Waals surface area contributed by atoms with Gasteiger partial charge in [0.15, 0.2) is 0 Å². The topological polar surface area (TPSA) is 86.0 Å². The maximum Gasteiger partial charge on any atom is 0.211 e. The van der Waals surface area contributed by atoms with Gasteiger partial charge in [0.05, 0.1) is 6.21 Å². The summed E-state index contributed by atoms with van der Waals surface area (Å²) in [6.07, 6.45) is 1.52. The van der Waals surface area contributed by atoms with Gasteiger partial charge in [-0.25, -0.2) is 0 Å². The van der Waals surface area contributed by atoms with Crippen molar-refractivity contribution >= 4 is 39.7 Å². The molecule has 0 amide bonds. The number of guanidine groups is 1. The van der Waals surface area contributed by atoms with Gasteiger partial charge in [0.25, 0.3) is 0 Å². The average molecular weight is 382 g/mol.